The van der Waals surface area contributed by atoms with Gasteiger partial charge in [-0.2, -0.15) is 0 Å². The number of aryl methyl sites for hydroxylation is 1. The molecule has 3 N–H and O–H groups in total. The van der Waals surface area contributed by atoms with Gasteiger partial charge in [-0.1, -0.05) is 0 Å². The highest BCUT2D eigenvalue weighted by atomic mass is 32.1. The van der Waals surface area contributed by atoms with Gasteiger partial charge in [-0.05, 0) is 37.0 Å². The number of likely N-dealkylation sites (N-methyl/N-ethyl adjacent to an activating group) is 1. The Balaban J connectivity index is 1.68. The summed E-state index contributed by atoms with van der Waals surface area (Å²) in [5.74, 6) is -0.280. The lowest BCUT2D eigenvalue weighted by Crippen LogP contribution is -3.12. The molecular weight excluding hydrogens is 332 g/mol. The number of anilines is 1. The number of hydrogen-bond donors (Lipinski definition) is 3. The Morgan fingerprint density at radius 3 is 2.78 bits per heavy atom. The van der Waals surface area contributed by atoms with Crippen molar-refractivity contribution in [3.05, 3.63) is 16.0 Å². The molecular formula is C15H23N4O2S2+. The number of carbonyl (C=O) groups is 1. The van der Waals surface area contributed by atoms with E-state index >= 15 is 0 Å². The molecule has 1 fully saturated rings. The molecule has 1 aromatic rings. The van der Waals surface area contributed by atoms with Crippen LogP contribution in [0, 0.1) is 0 Å². The predicted molar refractivity (Wildman–Crippen MR) is 95.2 cm³/mol. The first-order valence-electron chi connectivity index (χ1n) is 7.95. The maximum Gasteiger partial charge on any atom is 0.341 e. The van der Waals surface area contributed by atoms with Crippen molar-refractivity contribution in [2.75, 3.05) is 45.7 Å². The Kier molecular flexibility index (Phi) is 5.15. The van der Waals surface area contributed by atoms with Gasteiger partial charge in [0.15, 0.2) is 5.11 Å². The number of methoxy groups -OCH3 is 1. The summed E-state index contributed by atoms with van der Waals surface area (Å²) in [5, 5.41) is 6.67. The SMILES string of the molecule is COC(=O)c1c(NC(=S)NN2CC[NH+](C)CC2)sc2c1CCC2. The predicted octanol–water partition coefficient (Wildman–Crippen LogP) is 0.0551. The zero-order valence-corrected chi connectivity index (χ0v) is 15.2. The average molecular weight is 356 g/mol. The van der Waals surface area contributed by atoms with Crippen molar-refractivity contribution in [1.82, 2.24) is 10.4 Å². The quantitative estimate of drug-likeness (QED) is 0.526. The summed E-state index contributed by atoms with van der Waals surface area (Å²) in [5.41, 5.74) is 5.03. The second kappa shape index (κ2) is 7.12. The lowest BCUT2D eigenvalue weighted by atomic mass is 10.1. The summed E-state index contributed by atoms with van der Waals surface area (Å²) >= 11 is 7.04. The van der Waals surface area contributed by atoms with Crippen molar-refractivity contribution in [1.29, 1.82) is 0 Å². The fourth-order valence-electron chi connectivity index (χ4n) is 3.09. The highest BCUT2D eigenvalue weighted by molar-refractivity contribution is 7.80. The molecule has 0 saturated carbocycles. The number of thiocarbonyl (C=S) groups is 1. The number of esters is 1. The van der Waals surface area contributed by atoms with Crippen LogP contribution in [0.5, 0.6) is 0 Å². The molecule has 0 bridgehead atoms. The molecule has 1 saturated heterocycles. The topological polar surface area (TPSA) is 58.0 Å². The third-order valence-corrected chi connectivity index (χ3v) is 5.82. The Bertz CT molecular complexity index is 609. The minimum absolute atomic E-state index is 0.280. The lowest BCUT2D eigenvalue weighted by molar-refractivity contribution is -0.884. The van der Waals surface area contributed by atoms with Gasteiger partial charge >= 0.3 is 5.97 Å². The fourth-order valence-corrected chi connectivity index (χ4v) is 4.66. The van der Waals surface area contributed by atoms with E-state index in [2.05, 4.69) is 22.8 Å². The number of hydrogen-bond acceptors (Lipinski definition) is 5. The number of nitrogens with one attached hydrogen (secondary N) is 3. The van der Waals surface area contributed by atoms with Gasteiger partial charge < -0.3 is 15.0 Å². The second-order valence-corrected chi connectivity index (χ2v) is 7.58. The van der Waals surface area contributed by atoms with Gasteiger partial charge in [-0.3, -0.25) is 5.43 Å². The number of nitrogens with zero attached hydrogens (tertiary/aromatic N) is 1. The molecule has 0 spiro atoms. The van der Waals surface area contributed by atoms with Crippen molar-refractivity contribution in [2.24, 2.45) is 0 Å². The van der Waals surface area contributed by atoms with E-state index in [1.54, 1.807) is 11.3 Å². The van der Waals surface area contributed by atoms with Gasteiger partial charge in [0, 0.05) is 4.88 Å². The molecule has 1 aromatic heterocycles. The number of thiophene rings is 1. The van der Waals surface area contributed by atoms with E-state index in [1.165, 1.54) is 16.9 Å². The van der Waals surface area contributed by atoms with E-state index in [1.807, 2.05) is 0 Å². The molecule has 3 rings (SSSR count). The Hall–Kier alpha value is -1.22. The maximum atomic E-state index is 12.1. The number of fused-ring (bicyclic) bond motifs is 1. The monoisotopic (exact) mass is 355 g/mol. The van der Waals surface area contributed by atoms with Crippen molar-refractivity contribution in [3.8, 4) is 0 Å². The van der Waals surface area contributed by atoms with Crippen molar-refractivity contribution in [3.63, 3.8) is 0 Å². The van der Waals surface area contributed by atoms with Crippen LogP contribution in [0.15, 0.2) is 0 Å². The van der Waals surface area contributed by atoms with Gasteiger partial charge in [0.25, 0.3) is 0 Å². The molecule has 1 aliphatic heterocycles. The van der Waals surface area contributed by atoms with Crippen LogP contribution in [-0.4, -0.2) is 56.4 Å². The molecule has 126 valence electrons. The van der Waals surface area contributed by atoms with Crippen molar-refractivity contribution >= 4 is 39.6 Å². The van der Waals surface area contributed by atoms with Crippen molar-refractivity contribution < 1.29 is 14.4 Å². The molecule has 0 radical (unpaired) electrons. The van der Waals surface area contributed by atoms with Crippen LogP contribution in [0.25, 0.3) is 0 Å². The van der Waals surface area contributed by atoms with E-state index in [0.717, 1.165) is 56.0 Å². The maximum absolute atomic E-state index is 12.1. The molecule has 1 aliphatic carbocycles. The molecule has 8 heteroatoms. The van der Waals surface area contributed by atoms with E-state index in [9.17, 15) is 4.79 Å². The number of rotatable bonds is 3. The lowest BCUT2D eigenvalue weighted by Gasteiger charge is -2.30. The number of hydrazine groups is 1. The van der Waals surface area contributed by atoms with Gasteiger partial charge in [0.05, 0.1) is 45.9 Å². The number of ether oxygens (including phenoxy) is 1. The van der Waals surface area contributed by atoms with E-state index in [0.29, 0.717) is 10.7 Å². The first-order valence-corrected chi connectivity index (χ1v) is 9.17. The van der Waals surface area contributed by atoms with Crippen LogP contribution in [0.2, 0.25) is 0 Å². The van der Waals surface area contributed by atoms with Crippen LogP contribution in [-0.2, 0) is 17.6 Å². The Morgan fingerprint density at radius 2 is 2.09 bits per heavy atom. The van der Waals surface area contributed by atoms with Crippen LogP contribution >= 0.6 is 23.6 Å². The molecule has 0 unspecified atom stereocenters. The molecule has 2 aliphatic rings. The Labute approximate surface area is 145 Å². The summed E-state index contributed by atoms with van der Waals surface area (Å²) in [6.07, 6.45) is 3.09. The smallest absolute Gasteiger partial charge is 0.341 e. The normalized spacial score (nSPS) is 18.5. The van der Waals surface area contributed by atoms with Crippen LogP contribution in [0.1, 0.15) is 27.2 Å². The third kappa shape index (κ3) is 3.65. The number of quaternary nitrogens is 1. The van der Waals surface area contributed by atoms with Gasteiger partial charge in [0.1, 0.15) is 5.00 Å². The zero-order chi connectivity index (χ0) is 16.4. The third-order valence-electron chi connectivity index (χ3n) is 4.41. The molecule has 0 atom stereocenters. The van der Waals surface area contributed by atoms with Crippen LogP contribution < -0.4 is 15.6 Å². The summed E-state index contributed by atoms with van der Waals surface area (Å²) in [4.78, 5) is 14.9. The highest BCUT2D eigenvalue weighted by Gasteiger charge is 2.28. The molecule has 6 nitrogen and oxygen atoms in total. The van der Waals surface area contributed by atoms with E-state index < -0.39 is 0 Å². The highest BCUT2D eigenvalue weighted by Crippen LogP contribution is 2.39. The minimum atomic E-state index is -0.280. The number of carbonyl (C=O) groups excluding carboxylic acids is 1. The summed E-state index contributed by atoms with van der Waals surface area (Å²) in [7, 11) is 3.62. The standard InChI is InChI=1S/C15H22N4O2S2/c1-18-6-8-19(9-7-18)17-15(22)16-13-12(14(20)21-2)10-4-3-5-11(10)23-13/h3-9H2,1-2H3,(H2,16,17,22)/p+1. The summed E-state index contributed by atoms with van der Waals surface area (Å²) < 4.78 is 4.95. The van der Waals surface area contributed by atoms with E-state index in [4.69, 9.17) is 17.0 Å². The molecule has 0 amide bonds. The van der Waals surface area contributed by atoms with Gasteiger partial charge in [0.2, 0.25) is 0 Å². The molecule has 2 heterocycles. The molecule has 0 aromatic carbocycles. The van der Waals surface area contributed by atoms with Crippen LogP contribution in [0.3, 0.4) is 0 Å². The molecule has 23 heavy (non-hydrogen) atoms. The summed E-state index contributed by atoms with van der Waals surface area (Å²) in [6.45, 7) is 4.10. The van der Waals surface area contributed by atoms with Gasteiger partial charge in [-0.25, -0.2) is 9.80 Å². The Morgan fingerprint density at radius 1 is 1.35 bits per heavy atom. The van der Waals surface area contributed by atoms with Crippen LogP contribution in [0.4, 0.5) is 5.00 Å². The van der Waals surface area contributed by atoms with E-state index in [-0.39, 0.29) is 5.97 Å². The van der Waals surface area contributed by atoms with Crippen molar-refractivity contribution in [2.45, 2.75) is 19.3 Å². The largest absolute Gasteiger partial charge is 0.465 e. The second-order valence-electron chi connectivity index (χ2n) is 6.06. The summed E-state index contributed by atoms with van der Waals surface area (Å²) in [6, 6.07) is 0. The fraction of sp³-hybridized carbons (Fsp3) is 0.600. The average Bonchev–Trinajstić information content (AvgIpc) is 3.09. The van der Waals surface area contributed by atoms with Gasteiger partial charge in [-0.15, -0.1) is 11.3 Å². The zero-order valence-electron chi connectivity index (χ0n) is 13.5. The minimum Gasteiger partial charge on any atom is -0.465 e. The number of piperazine rings is 1. The first-order chi connectivity index (χ1) is 11.1. The first kappa shape index (κ1) is 16.6.